The Hall–Kier alpha value is -1.42. The van der Waals surface area contributed by atoms with E-state index in [1.54, 1.807) is 24.0 Å². The fourth-order valence-corrected chi connectivity index (χ4v) is 1.83. The Morgan fingerprint density at radius 1 is 1.56 bits per heavy atom. The summed E-state index contributed by atoms with van der Waals surface area (Å²) in [6, 6.07) is 4.46. The summed E-state index contributed by atoms with van der Waals surface area (Å²) in [5, 5.41) is 9.33. The molecule has 1 aromatic carbocycles. The zero-order valence-electron chi connectivity index (χ0n) is 9.11. The lowest BCUT2D eigenvalue weighted by Gasteiger charge is -2.15. The maximum Gasteiger partial charge on any atom is 0.254 e. The lowest BCUT2D eigenvalue weighted by molar-refractivity contribution is 0.0764. The van der Waals surface area contributed by atoms with E-state index in [0.29, 0.717) is 30.6 Å². The van der Waals surface area contributed by atoms with E-state index in [1.807, 2.05) is 0 Å². The van der Waals surface area contributed by atoms with Gasteiger partial charge in [0.25, 0.3) is 5.91 Å². The van der Waals surface area contributed by atoms with Crippen LogP contribution in [0.15, 0.2) is 18.2 Å². The van der Waals surface area contributed by atoms with Gasteiger partial charge in [0, 0.05) is 18.7 Å². The average molecular weight is 223 g/mol. The van der Waals surface area contributed by atoms with Gasteiger partial charge in [-0.3, -0.25) is 4.79 Å². The van der Waals surface area contributed by atoms with Gasteiger partial charge < -0.3 is 10.0 Å². The van der Waals surface area contributed by atoms with E-state index >= 15 is 0 Å². The molecular formula is C12H14FNO2. The van der Waals surface area contributed by atoms with Crippen LogP contribution in [0.5, 0.6) is 0 Å². The normalized spacial score (nSPS) is 20.2. The maximum atomic E-state index is 13.3. The Morgan fingerprint density at radius 3 is 2.88 bits per heavy atom. The van der Waals surface area contributed by atoms with Crippen LogP contribution in [-0.2, 0) is 0 Å². The first kappa shape index (κ1) is 11.1. The molecule has 1 aromatic rings. The van der Waals surface area contributed by atoms with Gasteiger partial charge in [-0.05, 0) is 31.0 Å². The second-order valence-electron chi connectivity index (χ2n) is 4.16. The molecule has 0 aromatic heterocycles. The largest absolute Gasteiger partial charge is 0.391 e. The molecule has 0 spiro atoms. The molecule has 1 aliphatic heterocycles. The van der Waals surface area contributed by atoms with E-state index in [-0.39, 0.29) is 11.7 Å². The van der Waals surface area contributed by atoms with Crippen molar-refractivity contribution in [3.05, 3.63) is 35.1 Å². The van der Waals surface area contributed by atoms with E-state index in [0.717, 1.165) is 0 Å². The number of carbonyl (C=O) groups is 1. The third kappa shape index (κ3) is 2.07. The van der Waals surface area contributed by atoms with Crippen LogP contribution in [0.3, 0.4) is 0 Å². The Kier molecular flexibility index (Phi) is 2.92. The minimum Gasteiger partial charge on any atom is -0.391 e. The summed E-state index contributed by atoms with van der Waals surface area (Å²) in [7, 11) is 0. The lowest BCUT2D eigenvalue weighted by Crippen LogP contribution is -2.29. The number of β-amino-alcohol motifs (C(OH)–C–C–N with tert-alkyl or cyclic N) is 1. The lowest BCUT2D eigenvalue weighted by atomic mass is 10.1. The second-order valence-corrected chi connectivity index (χ2v) is 4.16. The Balaban J connectivity index is 2.18. The van der Waals surface area contributed by atoms with Gasteiger partial charge in [-0.1, -0.05) is 6.07 Å². The molecule has 0 radical (unpaired) electrons. The van der Waals surface area contributed by atoms with Crippen LogP contribution in [0.25, 0.3) is 0 Å². The predicted molar refractivity (Wildman–Crippen MR) is 57.7 cm³/mol. The number of amides is 1. The van der Waals surface area contributed by atoms with Crippen molar-refractivity contribution in [3.8, 4) is 0 Å². The molecule has 1 N–H and O–H groups in total. The van der Waals surface area contributed by atoms with Gasteiger partial charge in [0.15, 0.2) is 0 Å². The standard InChI is InChI=1S/C12H14FNO2/c1-8-2-3-9(6-11(8)13)12(16)14-5-4-10(15)7-14/h2-3,6,10,15H,4-5,7H2,1H3/t10-/m1/s1. The SMILES string of the molecule is Cc1ccc(C(=O)N2CC[C@@H](O)C2)cc1F. The number of likely N-dealkylation sites (tertiary alicyclic amines) is 1. The summed E-state index contributed by atoms with van der Waals surface area (Å²) in [6.45, 7) is 2.53. The molecule has 3 nitrogen and oxygen atoms in total. The molecule has 1 heterocycles. The molecule has 1 amide bonds. The highest BCUT2D eigenvalue weighted by Crippen LogP contribution is 2.15. The van der Waals surface area contributed by atoms with Crippen molar-refractivity contribution in [2.45, 2.75) is 19.4 Å². The van der Waals surface area contributed by atoms with E-state index < -0.39 is 6.10 Å². The molecule has 4 heteroatoms. The van der Waals surface area contributed by atoms with Gasteiger partial charge in [-0.2, -0.15) is 0 Å². The first-order valence-electron chi connectivity index (χ1n) is 5.31. The van der Waals surface area contributed by atoms with E-state index in [9.17, 15) is 14.3 Å². The number of nitrogens with zero attached hydrogens (tertiary/aromatic N) is 1. The highest BCUT2D eigenvalue weighted by Gasteiger charge is 2.25. The summed E-state index contributed by atoms with van der Waals surface area (Å²) in [5.74, 6) is -0.582. The number of carbonyl (C=O) groups excluding carboxylic acids is 1. The van der Waals surface area contributed by atoms with Gasteiger partial charge in [0.2, 0.25) is 0 Å². The van der Waals surface area contributed by atoms with Gasteiger partial charge in [0.1, 0.15) is 5.82 Å². The topological polar surface area (TPSA) is 40.5 Å². The van der Waals surface area contributed by atoms with E-state index in [2.05, 4.69) is 0 Å². The van der Waals surface area contributed by atoms with Crippen molar-refractivity contribution < 1.29 is 14.3 Å². The average Bonchev–Trinajstić information content (AvgIpc) is 2.68. The van der Waals surface area contributed by atoms with Crippen molar-refractivity contribution in [2.24, 2.45) is 0 Å². The van der Waals surface area contributed by atoms with Gasteiger partial charge >= 0.3 is 0 Å². The first-order valence-corrected chi connectivity index (χ1v) is 5.31. The zero-order valence-corrected chi connectivity index (χ0v) is 9.11. The number of benzene rings is 1. The van der Waals surface area contributed by atoms with Crippen LogP contribution in [0, 0.1) is 12.7 Å². The highest BCUT2D eigenvalue weighted by atomic mass is 19.1. The van der Waals surface area contributed by atoms with Crippen LogP contribution in [0.2, 0.25) is 0 Å². The third-order valence-corrected chi connectivity index (χ3v) is 2.87. The predicted octanol–water partition coefficient (Wildman–Crippen LogP) is 1.34. The second kappa shape index (κ2) is 4.22. The van der Waals surface area contributed by atoms with Crippen molar-refractivity contribution in [3.63, 3.8) is 0 Å². The summed E-state index contributed by atoms with van der Waals surface area (Å²) in [5.41, 5.74) is 0.871. The molecule has 2 rings (SSSR count). The van der Waals surface area contributed by atoms with Gasteiger partial charge in [-0.15, -0.1) is 0 Å². The van der Waals surface area contributed by atoms with E-state index in [1.165, 1.54) is 6.07 Å². The van der Waals surface area contributed by atoms with Crippen LogP contribution in [0.1, 0.15) is 22.3 Å². The zero-order chi connectivity index (χ0) is 11.7. The molecule has 1 saturated heterocycles. The van der Waals surface area contributed by atoms with Crippen LogP contribution in [-0.4, -0.2) is 35.1 Å². The molecule has 0 unspecified atom stereocenters. The van der Waals surface area contributed by atoms with Crippen molar-refractivity contribution in [1.82, 2.24) is 4.90 Å². The molecule has 0 saturated carbocycles. The maximum absolute atomic E-state index is 13.3. The van der Waals surface area contributed by atoms with Gasteiger partial charge in [0.05, 0.1) is 6.10 Å². The monoisotopic (exact) mass is 223 g/mol. The molecule has 1 atom stereocenters. The number of aliphatic hydroxyl groups is 1. The minimum atomic E-state index is -0.445. The van der Waals surface area contributed by atoms with Crippen LogP contribution in [0.4, 0.5) is 4.39 Å². The molecular weight excluding hydrogens is 209 g/mol. The van der Waals surface area contributed by atoms with E-state index in [4.69, 9.17) is 0 Å². The quantitative estimate of drug-likeness (QED) is 0.780. The fraction of sp³-hybridized carbons (Fsp3) is 0.417. The molecule has 0 bridgehead atoms. The first-order chi connectivity index (χ1) is 7.58. The number of aryl methyl sites for hydroxylation is 1. The van der Waals surface area contributed by atoms with Crippen LogP contribution >= 0.6 is 0 Å². The van der Waals surface area contributed by atoms with Crippen molar-refractivity contribution in [1.29, 1.82) is 0 Å². The molecule has 0 aliphatic carbocycles. The van der Waals surface area contributed by atoms with Gasteiger partial charge in [-0.25, -0.2) is 4.39 Å². The summed E-state index contributed by atoms with van der Waals surface area (Å²) in [4.78, 5) is 13.5. The summed E-state index contributed by atoms with van der Waals surface area (Å²) >= 11 is 0. The highest BCUT2D eigenvalue weighted by molar-refractivity contribution is 5.94. The summed E-state index contributed by atoms with van der Waals surface area (Å²) in [6.07, 6.45) is 0.152. The number of aliphatic hydroxyl groups excluding tert-OH is 1. The number of hydrogen-bond acceptors (Lipinski definition) is 2. The Bertz CT molecular complexity index is 419. The smallest absolute Gasteiger partial charge is 0.254 e. The summed E-state index contributed by atoms with van der Waals surface area (Å²) < 4.78 is 13.3. The number of rotatable bonds is 1. The molecule has 16 heavy (non-hydrogen) atoms. The third-order valence-electron chi connectivity index (χ3n) is 2.87. The molecule has 1 fully saturated rings. The van der Waals surface area contributed by atoms with Crippen molar-refractivity contribution >= 4 is 5.91 Å². The molecule has 86 valence electrons. The number of halogens is 1. The number of hydrogen-bond donors (Lipinski definition) is 1. The Morgan fingerprint density at radius 2 is 2.31 bits per heavy atom. The molecule has 1 aliphatic rings. The minimum absolute atomic E-state index is 0.213. The van der Waals surface area contributed by atoms with Crippen LogP contribution < -0.4 is 0 Å². The fourth-order valence-electron chi connectivity index (χ4n) is 1.83. The Labute approximate surface area is 93.5 Å². The van der Waals surface area contributed by atoms with Crippen molar-refractivity contribution in [2.75, 3.05) is 13.1 Å².